The van der Waals surface area contributed by atoms with Crippen LogP contribution in [0.5, 0.6) is 0 Å². The lowest BCUT2D eigenvalue weighted by Gasteiger charge is -2.03. The number of hydrogen-bond acceptors (Lipinski definition) is 2. The molecule has 0 amide bonds. The van der Waals surface area contributed by atoms with Crippen molar-refractivity contribution in [1.82, 2.24) is 0 Å². The Morgan fingerprint density at radius 1 is 1.09 bits per heavy atom. The molecule has 52 valence electrons. The third-order valence-electron chi connectivity index (χ3n) is 2.17. The minimum absolute atomic E-state index is 0.981. The van der Waals surface area contributed by atoms with E-state index in [1.54, 1.807) is 0 Å². The summed E-state index contributed by atoms with van der Waals surface area (Å²) in [6.45, 7) is 0. The molecular weight excluding hydrogens is 136 g/mol. The fourth-order valence-corrected chi connectivity index (χ4v) is 1.58. The predicted molar refractivity (Wildman–Crippen MR) is 44.1 cm³/mol. The second-order valence-corrected chi connectivity index (χ2v) is 2.83. The number of hydrogen-bond donors (Lipinski definition) is 0. The molecule has 1 heterocycles. The summed E-state index contributed by atoms with van der Waals surface area (Å²) >= 11 is 0. The zero-order chi connectivity index (χ0) is 7.26. The van der Waals surface area contributed by atoms with Crippen molar-refractivity contribution in [2.45, 2.75) is 6.42 Å². The van der Waals surface area contributed by atoms with E-state index in [-0.39, 0.29) is 0 Å². The van der Waals surface area contributed by atoms with Gasteiger partial charge in [0.05, 0.1) is 5.71 Å². The van der Waals surface area contributed by atoms with Gasteiger partial charge in [0, 0.05) is 12.0 Å². The molecule has 1 aliphatic carbocycles. The van der Waals surface area contributed by atoms with E-state index in [4.69, 9.17) is 0 Å². The molecular formula is C9H6N2. The molecule has 0 N–H and O–H groups in total. The van der Waals surface area contributed by atoms with Gasteiger partial charge in [0.25, 0.3) is 0 Å². The molecule has 0 atom stereocenters. The Morgan fingerprint density at radius 2 is 2.00 bits per heavy atom. The third-order valence-corrected chi connectivity index (χ3v) is 2.17. The van der Waals surface area contributed by atoms with E-state index < -0.39 is 0 Å². The van der Waals surface area contributed by atoms with Crippen molar-refractivity contribution >= 4 is 11.4 Å². The molecule has 2 nitrogen and oxygen atoms in total. The minimum atomic E-state index is 0.981. The maximum atomic E-state index is 3.98. The van der Waals surface area contributed by atoms with Crippen LogP contribution in [0.15, 0.2) is 34.5 Å². The number of nitrogens with zero attached hydrogens (tertiary/aromatic N) is 2. The van der Waals surface area contributed by atoms with Crippen molar-refractivity contribution in [2.24, 2.45) is 10.2 Å². The summed E-state index contributed by atoms with van der Waals surface area (Å²) < 4.78 is 0. The van der Waals surface area contributed by atoms with Gasteiger partial charge in [-0.3, -0.25) is 0 Å². The first-order valence-electron chi connectivity index (χ1n) is 3.68. The molecule has 1 aliphatic heterocycles. The van der Waals surface area contributed by atoms with Gasteiger partial charge in [-0.25, -0.2) is 0 Å². The van der Waals surface area contributed by atoms with Crippen LogP contribution in [0, 0.1) is 0 Å². The van der Waals surface area contributed by atoms with Gasteiger partial charge < -0.3 is 0 Å². The van der Waals surface area contributed by atoms with Crippen LogP contribution in [0.2, 0.25) is 0 Å². The molecule has 0 fully saturated rings. The van der Waals surface area contributed by atoms with Crippen molar-refractivity contribution < 1.29 is 0 Å². The molecule has 0 radical (unpaired) electrons. The van der Waals surface area contributed by atoms with Crippen LogP contribution in [0.3, 0.4) is 0 Å². The number of benzene rings is 1. The highest BCUT2D eigenvalue weighted by atomic mass is 15.3. The summed E-state index contributed by atoms with van der Waals surface area (Å²) in [4.78, 5) is 0. The van der Waals surface area contributed by atoms with Crippen molar-refractivity contribution in [3.8, 4) is 0 Å². The lowest BCUT2D eigenvalue weighted by molar-refractivity contribution is 1.19. The average Bonchev–Trinajstić information content (AvgIpc) is 2.23. The summed E-state index contributed by atoms with van der Waals surface area (Å²) in [6, 6.07) is 8.35. The first-order chi connectivity index (χ1) is 5.45. The Labute approximate surface area is 64.3 Å². The molecule has 11 heavy (non-hydrogen) atoms. The van der Waals surface area contributed by atoms with E-state index >= 15 is 0 Å². The fraction of sp³-hybridized carbons (Fsp3) is 0.111. The largest absolute Gasteiger partial charge is 0.152 e. The van der Waals surface area contributed by atoms with Crippen LogP contribution < -0.4 is 0 Å². The quantitative estimate of drug-likeness (QED) is 0.523. The van der Waals surface area contributed by atoms with E-state index in [0.29, 0.717) is 0 Å². The van der Waals surface area contributed by atoms with Crippen LogP contribution in [0.4, 0.5) is 0 Å². The Hall–Kier alpha value is -1.44. The van der Waals surface area contributed by atoms with Gasteiger partial charge in [-0.1, -0.05) is 24.3 Å². The Bertz CT molecular complexity index is 388. The van der Waals surface area contributed by atoms with E-state index in [2.05, 4.69) is 28.4 Å². The summed E-state index contributed by atoms with van der Waals surface area (Å²) in [5, 5.41) is 7.93. The summed E-state index contributed by atoms with van der Waals surface area (Å²) in [7, 11) is 0. The van der Waals surface area contributed by atoms with Gasteiger partial charge in [-0.2, -0.15) is 5.10 Å². The first-order valence-corrected chi connectivity index (χ1v) is 3.68. The lowest BCUT2D eigenvalue weighted by atomic mass is 10.1. The lowest BCUT2D eigenvalue weighted by Crippen LogP contribution is -2.15. The first kappa shape index (κ1) is 5.24. The predicted octanol–water partition coefficient (Wildman–Crippen LogP) is 1.40. The van der Waals surface area contributed by atoms with Crippen LogP contribution in [-0.2, 0) is 6.42 Å². The van der Waals surface area contributed by atoms with Gasteiger partial charge in [-0.15, -0.1) is 5.10 Å². The molecule has 3 rings (SSSR count). The molecule has 0 aromatic heterocycles. The average molecular weight is 142 g/mol. The summed E-state index contributed by atoms with van der Waals surface area (Å²) in [5.41, 5.74) is 4.91. The van der Waals surface area contributed by atoms with Crippen LogP contribution in [-0.4, -0.2) is 11.4 Å². The molecule has 1 aromatic carbocycles. The second-order valence-electron chi connectivity index (χ2n) is 2.83. The molecule has 0 unspecified atom stereocenters. The van der Waals surface area contributed by atoms with Crippen molar-refractivity contribution in [2.75, 3.05) is 0 Å². The van der Waals surface area contributed by atoms with Crippen molar-refractivity contribution in [3.63, 3.8) is 0 Å². The molecule has 0 saturated heterocycles. The van der Waals surface area contributed by atoms with Crippen molar-refractivity contribution in [3.05, 3.63) is 35.4 Å². The molecule has 0 spiro atoms. The minimum Gasteiger partial charge on any atom is -0.152 e. The van der Waals surface area contributed by atoms with E-state index in [0.717, 1.165) is 17.8 Å². The van der Waals surface area contributed by atoms with Crippen LogP contribution in [0.25, 0.3) is 0 Å². The van der Waals surface area contributed by atoms with Crippen LogP contribution in [0.1, 0.15) is 11.1 Å². The fourth-order valence-electron chi connectivity index (χ4n) is 1.58. The maximum Gasteiger partial charge on any atom is 0.117 e. The Morgan fingerprint density at radius 3 is 2.82 bits per heavy atom. The number of rotatable bonds is 0. The third kappa shape index (κ3) is 0.522. The highest BCUT2D eigenvalue weighted by Crippen LogP contribution is 2.24. The van der Waals surface area contributed by atoms with Gasteiger partial charge in [-0.05, 0) is 5.56 Å². The van der Waals surface area contributed by atoms with Gasteiger partial charge in [0.15, 0.2) is 0 Å². The molecule has 0 bridgehead atoms. The standard InChI is InChI=1S/C9H6N2/c1-2-4-7-6(3-1)5-8-9(7)11-10-8/h1-4H,5H2. The van der Waals surface area contributed by atoms with Crippen LogP contribution >= 0.6 is 0 Å². The molecule has 0 saturated carbocycles. The van der Waals surface area contributed by atoms with E-state index in [1.165, 1.54) is 11.1 Å². The highest BCUT2D eigenvalue weighted by molar-refractivity contribution is 6.54. The zero-order valence-electron chi connectivity index (χ0n) is 5.91. The molecule has 2 heteroatoms. The second kappa shape index (κ2) is 1.59. The van der Waals surface area contributed by atoms with Crippen molar-refractivity contribution in [1.29, 1.82) is 0 Å². The van der Waals surface area contributed by atoms with Gasteiger partial charge >= 0.3 is 0 Å². The summed E-state index contributed by atoms with van der Waals surface area (Å²) in [6.07, 6.45) is 0.981. The normalized spacial score (nSPS) is 17.8. The monoisotopic (exact) mass is 142 g/mol. The van der Waals surface area contributed by atoms with E-state index in [9.17, 15) is 0 Å². The topological polar surface area (TPSA) is 24.7 Å². The summed E-state index contributed by atoms with van der Waals surface area (Å²) in [5.74, 6) is 0. The molecule has 2 aliphatic rings. The maximum absolute atomic E-state index is 3.98. The zero-order valence-corrected chi connectivity index (χ0v) is 5.91. The van der Waals surface area contributed by atoms with E-state index in [1.807, 2.05) is 6.07 Å². The van der Waals surface area contributed by atoms with Gasteiger partial charge in [0.2, 0.25) is 0 Å². The SMILES string of the molecule is c1ccc2c(c1)CC1=NN=C12. The highest BCUT2D eigenvalue weighted by Gasteiger charge is 2.28. The number of fused-ring (bicyclic) bond motifs is 3. The Balaban J connectivity index is 2.30. The molecule has 1 aromatic rings. The van der Waals surface area contributed by atoms with Gasteiger partial charge in [0.1, 0.15) is 5.71 Å². The smallest absolute Gasteiger partial charge is 0.117 e. The Kier molecular flexibility index (Phi) is 0.756.